The van der Waals surface area contributed by atoms with Crippen molar-refractivity contribution in [3.05, 3.63) is 60.7 Å². The van der Waals surface area contributed by atoms with Crippen LogP contribution >= 0.6 is 0 Å². The van der Waals surface area contributed by atoms with E-state index in [0.29, 0.717) is 24.3 Å². The Morgan fingerprint density at radius 1 is 0.300 bits per heavy atom. The summed E-state index contributed by atoms with van der Waals surface area (Å²) in [6.07, 6.45) is 0. The number of rotatable bonds is 6. The zero-order valence-corrected chi connectivity index (χ0v) is 43.5. The van der Waals surface area contributed by atoms with Crippen LogP contribution in [0.1, 0.15) is 0 Å². The van der Waals surface area contributed by atoms with Crippen LogP contribution in [0.5, 0.6) is 0 Å². The van der Waals surface area contributed by atoms with E-state index in [1.54, 1.807) is 0 Å². The van der Waals surface area contributed by atoms with Crippen molar-refractivity contribution in [3.63, 3.8) is 0 Å². The SMILES string of the molecule is O=S(=O)([O-])c1cc2cccc(S(=O)(=O)[O-])c2cc1S(=O)(=O)[O-].O=S(=O)([O-])c1cc2cccc(S(=O)(=O)[O-])c2cc1S(=O)(=O)[O-].[Na+].[Na+].[Na+].[Na+].[Na+].[Na+]. The van der Waals surface area contributed by atoms with E-state index in [0.717, 1.165) is 36.4 Å². The molecule has 50 heavy (non-hydrogen) atoms. The fourth-order valence-electron chi connectivity index (χ4n) is 3.73. The molecule has 0 aliphatic rings. The molecule has 4 aromatic carbocycles. The van der Waals surface area contributed by atoms with E-state index in [-0.39, 0.29) is 188 Å². The molecule has 30 heteroatoms. The topological polar surface area (TPSA) is 343 Å². The third-order valence-corrected chi connectivity index (χ3v) is 11.0. The van der Waals surface area contributed by atoms with Crippen molar-refractivity contribution in [2.75, 3.05) is 0 Å². The van der Waals surface area contributed by atoms with Gasteiger partial charge in [-0.25, -0.2) is 50.5 Å². The summed E-state index contributed by atoms with van der Waals surface area (Å²) in [5, 5.41) is -1.34. The second-order valence-electron chi connectivity index (χ2n) is 8.28. The summed E-state index contributed by atoms with van der Waals surface area (Å²) >= 11 is 0. The van der Waals surface area contributed by atoms with Crippen LogP contribution < -0.4 is 177 Å². The quantitative estimate of drug-likeness (QED) is 0.128. The minimum absolute atomic E-state index is 0. The third kappa shape index (κ3) is 15.3. The van der Waals surface area contributed by atoms with Gasteiger partial charge in [0, 0.05) is 10.8 Å². The molecule has 0 unspecified atom stereocenters. The smallest absolute Gasteiger partial charge is 0.744 e. The normalized spacial score (nSPS) is 11.8. The molecular weight excluding hydrogens is 859 g/mol. The van der Waals surface area contributed by atoms with Gasteiger partial charge in [-0.1, -0.05) is 24.3 Å². The van der Waals surface area contributed by atoms with Crippen molar-refractivity contribution >= 4 is 82.3 Å². The first-order valence-corrected chi connectivity index (χ1v) is 19.0. The number of hydrogen-bond donors (Lipinski definition) is 0. The first-order valence-electron chi connectivity index (χ1n) is 10.5. The van der Waals surface area contributed by atoms with Crippen molar-refractivity contribution in [2.24, 2.45) is 0 Å². The van der Waals surface area contributed by atoms with Crippen LogP contribution in [0.2, 0.25) is 0 Å². The van der Waals surface area contributed by atoms with Crippen molar-refractivity contribution < 1.29 is 255 Å². The van der Waals surface area contributed by atoms with Crippen LogP contribution in [0.25, 0.3) is 21.5 Å². The predicted octanol–water partition coefficient (Wildman–Crippen LogP) is -18.9. The van der Waals surface area contributed by atoms with Gasteiger partial charge in [0.05, 0.1) is 29.4 Å². The molecule has 0 spiro atoms. The molecular formula is C20H10Na6O18S6. The molecule has 0 amide bonds. The standard InChI is InChI=1S/2C10H8O9S3.6Na/c2*11-20(12,13)8-3-1-2-6-4-9(21(14,15)16)10(5-7(6)8)22(17,18)19;;;;;;/h2*1-5H,(H,11,12,13)(H,14,15,16)(H,17,18,19);;;;;;/q;;6*+1/p-6. The van der Waals surface area contributed by atoms with Gasteiger partial charge in [-0.3, -0.25) is 0 Å². The van der Waals surface area contributed by atoms with Gasteiger partial charge in [0.2, 0.25) is 0 Å². The average molecular weight is 869 g/mol. The van der Waals surface area contributed by atoms with Crippen molar-refractivity contribution in [2.45, 2.75) is 29.4 Å². The summed E-state index contributed by atoms with van der Waals surface area (Å²) in [4.78, 5) is -7.13. The second-order valence-corrected chi connectivity index (χ2v) is 16.4. The molecule has 0 N–H and O–H groups in total. The Morgan fingerprint density at radius 3 is 0.700 bits per heavy atom. The minimum atomic E-state index is -5.40. The Morgan fingerprint density at radius 2 is 0.500 bits per heavy atom. The maximum absolute atomic E-state index is 11.1. The Kier molecular flexibility index (Phi) is 25.7. The summed E-state index contributed by atoms with van der Waals surface area (Å²) in [5.74, 6) is 0. The van der Waals surface area contributed by atoms with E-state index >= 15 is 0 Å². The van der Waals surface area contributed by atoms with Crippen LogP contribution in [-0.2, 0) is 60.7 Å². The van der Waals surface area contributed by atoms with Crippen molar-refractivity contribution in [3.8, 4) is 0 Å². The predicted molar refractivity (Wildman–Crippen MR) is 136 cm³/mol. The van der Waals surface area contributed by atoms with Crippen LogP contribution in [0.3, 0.4) is 0 Å². The fraction of sp³-hybridized carbons (Fsp3) is 0. The van der Waals surface area contributed by atoms with Gasteiger partial charge >= 0.3 is 177 Å². The Bertz CT molecular complexity index is 2370. The molecule has 0 aliphatic heterocycles. The maximum Gasteiger partial charge on any atom is 1.00 e. The van der Waals surface area contributed by atoms with Gasteiger partial charge in [-0.05, 0) is 47.2 Å². The molecule has 240 valence electrons. The minimum Gasteiger partial charge on any atom is -0.744 e. The molecule has 0 saturated heterocycles. The summed E-state index contributed by atoms with van der Waals surface area (Å²) in [7, 11) is -31.4. The van der Waals surface area contributed by atoms with Gasteiger partial charge < -0.3 is 27.3 Å². The van der Waals surface area contributed by atoms with Crippen LogP contribution in [0.4, 0.5) is 0 Å². The second kappa shape index (κ2) is 21.6. The first-order chi connectivity index (χ1) is 19.6. The molecule has 0 radical (unpaired) electrons. The third-order valence-electron chi connectivity index (χ3n) is 5.43. The molecule has 0 aromatic heterocycles. The van der Waals surface area contributed by atoms with E-state index in [9.17, 15) is 77.8 Å². The number of hydrogen-bond acceptors (Lipinski definition) is 18. The Labute approximate surface area is 419 Å². The Hall–Kier alpha value is 2.86. The van der Waals surface area contributed by atoms with E-state index in [4.69, 9.17) is 0 Å². The molecule has 0 saturated carbocycles. The first kappa shape index (κ1) is 59.6. The summed E-state index contributed by atoms with van der Waals surface area (Å²) < 4.78 is 200. The van der Waals surface area contributed by atoms with Crippen molar-refractivity contribution in [1.82, 2.24) is 0 Å². The van der Waals surface area contributed by atoms with Crippen LogP contribution in [-0.4, -0.2) is 77.8 Å². The molecule has 0 heterocycles. The average Bonchev–Trinajstić information content (AvgIpc) is 2.83. The van der Waals surface area contributed by atoms with Crippen LogP contribution in [0.15, 0.2) is 90.0 Å². The van der Waals surface area contributed by atoms with Gasteiger partial charge in [-0.2, -0.15) is 0 Å². The fourth-order valence-corrected chi connectivity index (χ4v) is 8.63. The van der Waals surface area contributed by atoms with E-state index < -0.39 is 101 Å². The van der Waals surface area contributed by atoms with Crippen molar-refractivity contribution in [1.29, 1.82) is 0 Å². The molecule has 0 aliphatic carbocycles. The molecule has 4 rings (SSSR count). The molecule has 4 aromatic rings. The zero-order chi connectivity index (χ0) is 33.8. The summed E-state index contributed by atoms with van der Waals surface area (Å²) in [6.45, 7) is 0. The monoisotopic (exact) mass is 868 g/mol. The van der Waals surface area contributed by atoms with E-state index in [1.807, 2.05) is 0 Å². The van der Waals surface area contributed by atoms with Gasteiger partial charge in [0.1, 0.15) is 60.7 Å². The molecule has 18 nitrogen and oxygen atoms in total. The molecule has 0 bridgehead atoms. The summed E-state index contributed by atoms with van der Waals surface area (Å²) in [6, 6.07) is 8.09. The van der Waals surface area contributed by atoms with Gasteiger partial charge in [-0.15, -0.1) is 0 Å². The van der Waals surface area contributed by atoms with E-state index in [2.05, 4.69) is 0 Å². The van der Waals surface area contributed by atoms with Crippen LogP contribution in [0, 0.1) is 0 Å². The zero-order valence-electron chi connectivity index (χ0n) is 26.6. The van der Waals surface area contributed by atoms with Gasteiger partial charge in [0.15, 0.2) is 0 Å². The van der Waals surface area contributed by atoms with E-state index in [1.165, 1.54) is 0 Å². The Balaban J connectivity index is -0.000000378. The number of benzene rings is 4. The molecule has 0 fully saturated rings. The largest absolute Gasteiger partial charge is 1.00 e. The van der Waals surface area contributed by atoms with Gasteiger partial charge in [0.25, 0.3) is 0 Å². The molecule has 0 atom stereocenters. The number of fused-ring (bicyclic) bond motifs is 2. The summed E-state index contributed by atoms with van der Waals surface area (Å²) in [5.41, 5.74) is 0. The maximum atomic E-state index is 11.1.